The molecule has 10 aromatic carbocycles. The van der Waals surface area contributed by atoms with E-state index >= 15 is 0 Å². The fourth-order valence-electron chi connectivity index (χ4n) is 7.64. The summed E-state index contributed by atoms with van der Waals surface area (Å²) in [4.78, 5) is -0.370. The van der Waals surface area contributed by atoms with E-state index in [2.05, 4.69) is 6.92 Å². The van der Waals surface area contributed by atoms with Crippen molar-refractivity contribution in [3.8, 4) is 86.2 Å². The van der Waals surface area contributed by atoms with Crippen LogP contribution in [0.25, 0.3) is 32.3 Å². The molecule has 10 rings (SSSR count). The first-order valence-corrected chi connectivity index (χ1v) is 27.3. The van der Waals surface area contributed by atoms with E-state index < -0.39 is 10.1 Å². The largest absolute Gasteiger partial charge is 1.00 e. The maximum atomic E-state index is 10.8. The van der Waals surface area contributed by atoms with Gasteiger partial charge in [0.1, 0.15) is 80.0 Å². The minimum atomic E-state index is -4.51. The molecule has 0 aromatic heterocycles. The van der Waals surface area contributed by atoms with E-state index in [1.807, 2.05) is 36.4 Å². The molecule has 0 aliphatic rings. The van der Waals surface area contributed by atoms with Crippen molar-refractivity contribution in [2.24, 2.45) is 0 Å². The van der Waals surface area contributed by atoms with Crippen LogP contribution in [0.5, 0.6) is 86.2 Å². The zero-order valence-corrected chi connectivity index (χ0v) is 49.3. The molecule has 85 heavy (non-hydrogen) atoms. The van der Waals surface area contributed by atoms with Gasteiger partial charge in [0.15, 0.2) is 23.0 Å². The summed E-state index contributed by atoms with van der Waals surface area (Å²) in [6.45, 7) is 2.44. The molecule has 0 heterocycles. The van der Waals surface area contributed by atoms with Gasteiger partial charge < -0.3 is 85.9 Å². The molecule has 444 valence electrons. The van der Waals surface area contributed by atoms with Gasteiger partial charge in [0.25, 0.3) is 0 Å². The molecule has 0 aliphatic heterocycles. The summed E-state index contributed by atoms with van der Waals surface area (Å²) in [5.74, 6) is 0.320. The number of fused-ring (bicyclic) bond motifs is 3. The summed E-state index contributed by atoms with van der Waals surface area (Å²) in [5, 5.41) is 140. The number of rotatable bonds is 11. The second kappa shape index (κ2) is 35.8. The van der Waals surface area contributed by atoms with Crippen LogP contribution >= 0.6 is 0 Å². The Balaban J connectivity index is 0.000000262. The number of aliphatic hydroxyl groups excluding tert-OH is 1. The number of benzene rings is 10. The first-order chi connectivity index (χ1) is 40.0. The Kier molecular flexibility index (Phi) is 29.5. The molecule has 0 amide bonds. The fourth-order valence-corrected chi connectivity index (χ4v) is 8.14. The number of aromatic hydroxyl groups is 14. The van der Waals surface area contributed by atoms with Gasteiger partial charge in [-0.2, -0.15) is 0 Å². The van der Waals surface area contributed by atoms with Crippen LogP contribution in [-0.4, -0.2) is 103 Å². The van der Waals surface area contributed by atoms with Crippen molar-refractivity contribution < 1.29 is 124 Å². The van der Waals surface area contributed by atoms with Gasteiger partial charge in [0, 0.05) is 35.9 Å². The zero-order chi connectivity index (χ0) is 61.8. The maximum absolute atomic E-state index is 10.8. The summed E-state index contributed by atoms with van der Waals surface area (Å²) in [6, 6.07) is 47.7. The first kappa shape index (κ1) is 70.1. The molecule has 0 spiro atoms. The van der Waals surface area contributed by atoms with Crippen LogP contribution in [0.2, 0.25) is 0 Å². The normalized spacial score (nSPS) is 10.2. The van der Waals surface area contributed by atoms with Gasteiger partial charge in [0.2, 0.25) is 0 Å². The molecule has 0 bridgehead atoms. The molecule has 0 aliphatic carbocycles. The van der Waals surface area contributed by atoms with Crippen molar-refractivity contribution in [2.75, 3.05) is 13.2 Å². The van der Waals surface area contributed by atoms with Gasteiger partial charge in [0.05, 0.1) is 16.9 Å². The summed E-state index contributed by atoms with van der Waals surface area (Å²) >= 11 is 0. The van der Waals surface area contributed by atoms with Crippen molar-refractivity contribution in [1.82, 2.24) is 0 Å². The number of phenols is 14. The minimum absolute atomic E-state index is 0. The molecular weight excluding hydrogens is 1130 g/mol. The molecule has 19 nitrogen and oxygen atoms in total. The second-order valence-corrected chi connectivity index (χ2v) is 19.6. The summed E-state index contributed by atoms with van der Waals surface area (Å²) in [7, 11) is -4.51. The van der Waals surface area contributed by atoms with E-state index in [1.54, 1.807) is 78.9 Å². The quantitative estimate of drug-likeness (QED) is 0.0248. The monoisotopic (exact) mass is 1190 g/mol. The Morgan fingerprint density at radius 2 is 0.765 bits per heavy atom. The topological polar surface area (TPSA) is 370 Å². The average Bonchev–Trinajstić information content (AvgIpc) is 3.58. The van der Waals surface area contributed by atoms with Crippen molar-refractivity contribution >= 4 is 42.4 Å². The second-order valence-electron chi connectivity index (χ2n) is 18.2. The average molecular weight is 1200 g/mol. The SMILES string of the molecule is CCCCCCCCc1c(O)cccc1O.O=S(=O)([O-])c1ccc2cc(O)c(O)cc2c1.OCCOc1cccc(O)c1.Oc1cc(O)cc(O)c1.Oc1cc2ccccc2cc1O.Oc1cccc(O)c1.Oc1cccc2cccc(O)c12.[Na+]. The van der Waals surface area contributed by atoms with Crippen molar-refractivity contribution in [1.29, 1.82) is 0 Å². The van der Waals surface area contributed by atoms with Gasteiger partial charge in [-0.25, -0.2) is 8.42 Å². The Hall–Kier alpha value is -9.15. The third-order valence-corrected chi connectivity index (χ3v) is 12.5. The molecule has 0 saturated carbocycles. The number of unbranched alkanes of at least 4 members (excludes halogenated alkanes) is 5. The van der Waals surface area contributed by atoms with Gasteiger partial charge in [-0.3, -0.25) is 0 Å². The van der Waals surface area contributed by atoms with Crippen molar-refractivity contribution in [3.05, 3.63) is 194 Å². The summed E-state index contributed by atoms with van der Waals surface area (Å²) in [5.41, 5.74) is 0.693. The third-order valence-electron chi connectivity index (χ3n) is 11.7. The number of ether oxygens (including phenoxy) is 1. The van der Waals surface area contributed by atoms with Crippen LogP contribution in [0, 0.1) is 0 Å². The van der Waals surface area contributed by atoms with Gasteiger partial charge in [-0.05, 0) is 125 Å². The molecule has 0 atom stereocenters. The summed E-state index contributed by atoms with van der Waals surface area (Å²) < 4.78 is 37.3. The molecule has 0 radical (unpaired) electrons. The minimum Gasteiger partial charge on any atom is -0.744 e. The van der Waals surface area contributed by atoms with E-state index in [1.165, 1.54) is 74.6 Å². The molecule has 15 N–H and O–H groups in total. The Labute approximate surface area is 513 Å². The smallest absolute Gasteiger partial charge is 0.744 e. The fraction of sp³-hybridized carbons (Fsp3) is 0.156. The third kappa shape index (κ3) is 24.7. The van der Waals surface area contributed by atoms with Crippen LogP contribution in [0.4, 0.5) is 0 Å². The number of aliphatic hydroxyl groups is 1. The van der Waals surface area contributed by atoms with Crippen molar-refractivity contribution in [2.45, 2.75) is 56.8 Å². The Morgan fingerprint density at radius 1 is 0.376 bits per heavy atom. The predicted molar refractivity (Wildman–Crippen MR) is 319 cm³/mol. The van der Waals surface area contributed by atoms with Crippen LogP contribution in [0.3, 0.4) is 0 Å². The number of phenolic OH excluding ortho intramolecular Hbond substituents is 14. The van der Waals surface area contributed by atoms with Gasteiger partial charge >= 0.3 is 29.6 Å². The van der Waals surface area contributed by atoms with E-state index in [0.29, 0.717) is 27.5 Å². The molecule has 0 fully saturated rings. The van der Waals surface area contributed by atoms with Gasteiger partial charge in [-0.15, -0.1) is 0 Å². The summed E-state index contributed by atoms with van der Waals surface area (Å²) in [6.07, 6.45) is 8.10. The van der Waals surface area contributed by atoms with Crippen LogP contribution in [-0.2, 0) is 16.5 Å². The Morgan fingerprint density at radius 3 is 1.20 bits per heavy atom. The number of hydrogen-bond donors (Lipinski definition) is 15. The van der Waals surface area contributed by atoms with Crippen LogP contribution in [0.15, 0.2) is 193 Å². The van der Waals surface area contributed by atoms with E-state index in [4.69, 9.17) is 50.7 Å². The van der Waals surface area contributed by atoms with Gasteiger partial charge in [-0.1, -0.05) is 112 Å². The zero-order valence-electron chi connectivity index (χ0n) is 46.5. The maximum Gasteiger partial charge on any atom is 1.00 e. The standard InChI is InChI=1S/C14H22O2.C10H8O5S.2C10H8O2.C8H10O3.C6H6O3.C6H6O2.Na/c1-2-3-4-5-6-7-9-12-13(15)10-8-11-14(12)16;11-9-4-6-1-2-8(16(13,14)15)3-7(6)5-10(9)12;11-8-5-1-3-7-4-2-6-9(12)10(7)8;11-9-5-7-3-1-2-4-8(7)6-10(9)12;9-4-5-11-8-3-1-2-7(10)6-8;7-4-1-5(8)3-6(9)2-4;7-5-2-1-3-6(8)4-5;/h8,10-11,15-16H,2-7,9H2,1H3;1-5,11-12H,(H,13,14,15);2*1-6,11-12H;1-3,6,9-10H,4-5H2;1-3,7-9H;1-4,7-8H;/q;;;;;;;+1/p-1. The van der Waals surface area contributed by atoms with Crippen LogP contribution < -0.4 is 34.3 Å². The molecule has 10 aromatic rings. The number of hydrogen-bond acceptors (Lipinski definition) is 19. The predicted octanol–water partition coefficient (Wildman–Crippen LogP) is 9.33. The van der Waals surface area contributed by atoms with Crippen LogP contribution in [0.1, 0.15) is 51.0 Å². The molecule has 0 unspecified atom stereocenters. The Bertz CT molecular complexity index is 3620. The van der Waals surface area contributed by atoms with Crippen molar-refractivity contribution in [3.63, 3.8) is 0 Å². The van der Waals surface area contributed by atoms with E-state index in [0.717, 1.165) is 59.3 Å². The molecular formula is C64H67NaO19S. The molecule has 21 heteroatoms. The van der Waals surface area contributed by atoms with E-state index in [-0.39, 0.29) is 128 Å². The van der Waals surface area contributed by atoms with E-state index in [9.17, 15) is 43.6 Å². The molecule has 0 saturated heterocycles. The first-order valence-electron chi connectivity index (χ1n) is 25.9.